The van der Waals surface area contributed by atoms with Crippen molar-refractivity contribution in [1.29, 1.82) is 0 Å². The van der Waals surface area contributed by atoms with Gasteiger partial charge in [0.15, 0.2) is 0 Å². The van der Waals surface area contributed by atoms with Gasteiger partial charge in [0, 0.05) is 18.2 Å². The van der Waals surface area contributed by atoms with E-state index in [0.717, 1.165) is 36.1 Å². The summed E-state index contributed by atoms with van der Waals surface area (Å²) in [5.74, 6) is 1.65. The van der Waals surface area contributed by atoms with E-state index in [2.05, 4.69) is 12.2 Å². The summed E-state index contributed by atoms with van der Waals surface area (Å²) in [5, 5.41) is 14.4. The molecule has 0 aliphatic heterocycles. The largest absolute Gasteiger partial charge is 0.312 e. The van der Waals surface area contributed by atoms with Crippen LogP contribution >= 0.6 is 0 Å². The Morgan fingerprint density at radius 2 is 2.00 bits per heavy atom. The molecular formula is C16H24N2O2. The van der Waals surface area contributed by atoms with Crippen molar-refractivity contribution in [2.24, 2.45) is 11.8 Å². The molecule has 0 heterocycles. The number of benzene rings is 1. The molecule has 20 heavy (non-hydrogen) atoms. The van der Waals surface area contributed by atoms with Gasteiger partial charge in [0.1, 0.15) is 0 Å². The topological polar surface area (TPSA) is 55.2 Å². The molecule has 4 nitrogen and oxygen atoms in total. The molecule has 0 amide bonds. The molecule has 0 spiro atoms. The van der Waals surface area contributed by atoms with Gasteiger partial charge in [0.2, 0.25) is 0 Å². The number of nitrogens with zero attached hydrogens (tertiary/aromatic N) is 1. The lowest BCUT2D eigenvalue weighted by Gasteiger charge is -2.26. The second-order valence-corrected chi connectivity index (χ2v) is 6.08. The molecule has 1 aromatic carbocycles. The first-order valence-electron chi connectivity index (χ1n) is 7.51. The van der Waals surface area contributed by atoms with Crippen LogP contribution < -0.4 is 5.32 Å². The van der Waals surface area contributed by atoms with E-state index in [1.165, 1.54) is 25.7 Å². The van der Waals surface area contributed by atoms with Crippen LogP contribution in [0.4, 0.5) is 5.69 Å². The first kappa shape index (κ1) is 15.0. The molecule has 2 rings (SSSR count). The van der Waals surface area contributed by atoms with Crippen molar-refractivity contribution in [2.75, 3.05) is 6.54 Å². The average molecular weight is 276 g/mol. The quantitative estimate of drug-likeness (QED) is 0.657. The highest BCUT2D eigenvalue weighted by molar-refractivity contribution is 5.44. The van der Waals surface area contributed by atoms with Crippen LogP contribution in [0.1, 0.15) is 43.7 Å². The van der Waals surface area contributed by atoms with Gasteiger partial charge >= 0.3 is 0 Å². The average Bonchev–Trinajstić information content (AvgIpc) is 2.42. The van der Waals surface area contributed by atoms with E-state index in [9.17, 15) is 10.1 Å². The van der Waals surface area contributed by atoms with E-state index in [-0.39, 0.29) is 10.6 Å². The highest BCUT2D eigenvalue weighted by Crippen LogP contribution is 2.28. The zero-order valence-corrected chi connectivity index (χ0v) is 12.4. The normalized spacial score (nSPS) is 22.7. The molecule has 0 atom stereocenters. The van der Waals surface area contributed by atoms with Gasteiger partial charge in [0.05, 0.1) is 4.92 Å². The van der Waals surface area contributed by atoms with Crippen LogP contribution in [0.5, 0.6) is 0 Å². The van der Waals surface area contributed by atoms with Crippen molar-refractivity contribution < 1.29 is 4.92 Å². The summed E-state index contributed by atoms with van der Waals surface area (Å²) in [7, 11) is 0. The van der Waals surface area contributed by atoms with Crippen molar-refractivity contribution in [1.82, 2.24) is 5.32 Å². The lowest BCUT2D eigenvalue weighted by atomic mass is 9.83. The van der Waals surface area contributed by atoms with Gasteiger partial charge in [-0.05, 0) is 43.7 Å². The number of hydrogen-bond donors (Lipinski definition) is 1. The Morgan fingerprint density at radius 3 is 2.65 bits per heavy atom. The van der Waals surface area contributed by atoms with Gasteiger partial charge in [-0.2, -0.15) is 0 Å². The Kier molecular flexibility index (Phi) is 5.12. The molecule has 1 aromatic rings. The van der Waals surface area contributed by atoms with Crippen molar-refractivity contribution in [2.45, 2.75) is 46.1 Å². The SMILES string of the molecule is Cc1c(CNCC2CCC(C)CC2)cccc1[N+](=O)[O-]. The summed E-state index contributed by atoms with van der Waals surface area (Å²) >= 11 is 0. The van der Waals surface area contributed by atoms with Crippen molar-refractivity contribution in [3.05, 3.63) is 39.4 Å². The summed E-state index contributed by atoms with van der Waals surface area (Å²) in [6.07, 6.45) is 5.29. The fourth-order valence-electron chi connectivity index (χ4n) is 3.00. The zero-order valence-electron chi connectivity index (χ0n) is 12.4. The lowest BCUT2D eigenvalue weighted by molar-refractivity contribution is -0.385. The molecular weight excluding hydrogens is 252 g/mol. The number of nitrogens with one attached hydrogen (secondary N) is 1. The first-order valence-corrected chi connectivity index (χ1v) is 7.51. The molecule has 1 fully saturated rings. The fraction of sp³-hybridized carbons (Fsp3) is 0.625. The monoisotopic (exact) mass is 276 g/mol. The van der Waals surface area contributed by atoms with Gasteiger partial charge in [-0.1, -0.05) is 31.9 Å². The Labute approximate surface area is 120 Å². The second kappa shape index (κ2) is 6.84. The molecule has 0 radical (unpaired) electrons. The molecule has 1 aliphatic rings. The fourth-order valence-corrected chi connectivity index (χ4v) is 3.00. The minimum absolute atomic E-state index is 0.218. The Hall–Kier alpha value is -1.42. The molecule has 0 aromatic heterocycles. The summed E-state index contributed by atoms with van der Waals surface area (Å²) in [6, 6.07) is 5.31. The van der Waals surface area contributed by atoms with Gasteiger partial charge in [-0.3, -0.25) is 10.1 Å². The van der Waals surface area contributed by atoms with Crippen molar-refractivity contribution in [3.63, 3.8) is 0 Å². The zero-order chi connectivity index (χ0) is 14.5. The van der Waals surface area contributed by atoms with E-state index in [1.54, 1.807) is 12.1 Å². The second-order valence-electron chi connectivity index (χ2n) is 6.08. The third-order valence-electron chi connectivity index (χ3n) is 4.50. The lowest BCUT2D eigenvalue weighted by Crippen LogP contribution is -2.26. The summed E-state index contributed by atoms with van der Waals surface area (Å²) in [4.78, 5) is 10.6. The number of hydrogen-bond acceptors (Lipinski definition) is 3. The molecule has 0 unspecified atom stereocenters. The van der Waals surface area contributed by atoms with Crippen molar-refractivity contribution in [3.8, 4) is 0 Å². The van der Waals surface area contributed by atoms with Gasteiger partial charge in [-0.25, -0.2) is 0 Å². The first-order chi connectivity index (χ1) is 9.58. The maximum Gasteiger partial charge on any atom is 0.272 e. The van der Waals surface area contributed by atoms with Gasteiger partial charge in [-0.15, -0.1) is 0 Å². The van der Waals surface area contributed by atoms with Crippen molar-refractivity contribution >= 4 is 5.69 Å². The third-order valence-corrected chi connectivity index (χ3v) is 4.50. The molecule has 110 valence electrons. The standard InChI is InChI=1S/C16H24N2O2/c1-12-6-8-14(9-7-12)10-17-11-15-4-3-5-16(13(15)2)18(19)20/h3-5,12,14,17H,6-11H2,1-2H3. The molecule has 1 N–H and O–H groups in total. The summed E-state index contributed by atoms with van der Waals surface area (Å²) < 4.78 is 0. The van der Waals surface area contributed by atoms with E-state index >= 15 is 0 Å². The Bertz CT molecular complexity index is 466. The number of rotatable bonds is 5. The minimum Gasteiger partial charge on any atom is -0.312 e. The minimum atomic E-state index is -0.304. The van der Waals surface area contributed by atoms with Crippen LogP contribution in [-0.4, -0.2) is 11.5 Å². The predicted molar refractivity (Wildman–Crippen MR) is 80.7 cm³/mol. The number of nitro groups is 1. The smallest absolute Gasteiger partial charge is 0.272 e. The highest BCUT2D eigenvalue weighted by atomic mass is 16.6. The number of nitro benzene ring substituents is 1. The molecule has 4 heteroatoms. The van der Waals surface area contributed by atoms with Crippen LogP contribution in [-0.2, 0) is 6.54 Å². The van der Waals surface area contributed by atoms with E-state index in [4.69, 9.17) is 0 Å². The predicted octanol–water partition coefficient (Wildman–Crippen LogP) is 3.82. The Balaban J connectivity index is 1.85. The molecule has 0 saturated heterocycles. The maximum absolute atomic E-state index is 10.9. The summed E-state index contributed by atoms with van der Waals surface area (Å²) in [5.41, 5.74) is 2.03. The van der Waals surface area contributed by atoms with Crippen LogP contribution in [0.15, 0.2) is 18.2 Å². The van der Waals surface area contributed by atoms with E-state index in [0.29, 0.717) is 0 Å². The van der Waals surface area contributed by atoms with Gasteiger partial charge in [0.25, 0.3) is 5.69 Å². The third kappa shape index (κ3) is 3.79. The Morgan fingerprint density at radius 1 is 1.30 bits per heavy atom. The molecule has 0 bridgehead atoms. The van der Waals surface area contributed by atoms with E-state index < -0.39 is 0 Å². The van der Waals surface area contributed by atoms with Crippen LogP contribution in [0, 0.1) is 28.9 Å². The van der Waals surface area contributed by atoms with Crippen LogP contribution in [0.25, 0.3) is 0 Å². The van der Waals surface area contributed by atoms with Gasteiger partial charge < -0.3 is 5.32 Å². The summed E-state index contributed by atoms with van der Waals surface area (Å²) in [6.45, 7) is 5.90. The van der Waals surface area contributed by atoms with Crippen LogP contribution in [0.3, 0.4) is 0 Å². The highest BCUT2D eigenvalue weighted by Gasteiger charge is 2.18. The maximum atomic E-state index is 10.9. The van der Waals surface area contributed by atoms with E-state index in [1.807, 2.05) is 13.0 Å². The molecule has 1 aliphatic carbocycles. The molecule has 1 saturated carbocycles. The van der Waals surface area contributed by atoms with Crippen LogP contribution in [0.2, 0.25) is 0 Å².